The number of aromatic nitrogens is 2. The molecule has 0 fully saturated rings. The van der Waals surface area contributed by atoms with E-state index in [1.807, 2.05) is 0 Å². The third kappa shape index (κ3) is 11.8. The Kier molecular flexibility index (Phi) is 16.0. The lowest BCUT2D eigenvalue weighted by Gasteiger charge is -2.14. The highest BCUT2D eigenvalue weighted by Crippen LogP contribution is 2.31. The van der Waals surface area contributed by atoms with E-state index in [0.29, 0.717) is 5.02 Å². The number of pyridine rings is 2. The van der Waals surface area contributed by atoms with E-state index in [4.69, 9.17) is 72.3 Å². The quantitative estimate of drug-likeness (QED) is 0.0985. The van der Waals surface area contributed by atoms with Crippen molar-refractivity contribution in [3.8, 4) is 11.5 Å². The van der Waals surface area contributed by atoms with Gasteiger partial charge in [-0.2, -0.15) is 0 Å². The molecule has 12 nitrogen and oxygen atoms in total. The van der Waals surface area contributed by atoms with Crippen LogP contribution in [0.4, 0.5) is 20.2 Å². The lowest BCUT2D eigenvalue weighted by molar-refractivity contribution is 0.102. The van der Waals surface area contributed by atoms with Gasteiger partial charge in [-0.1, -0.05) is 82.8 Å². The molecule has 21 heteroatoms. The maximum atomic E-state index is 14.3. The van der Waals surface area contributed by atoms with E-state index in [9.17, 15) is 35.2 Å². The fourth-order valence-corrected chi connectivity index (χ4v) is 8.28. The molecule has 0 saturated heterocycles. The first kappa shape index (κ1) is 46.6. The van der Waals surface area contributed by atoms with Crippen LogP contribution in [-0.2, 0) is 19.1 Å². The van der Waals surface area contributed by atoms with Gasteiger partial charge in [-0.05, 0) is 60.7 Å². The largest absolute Gasteiger partial charge is 0.496 e. The van der Waals surface area contributed by atoms with Crippen LogP contribution in [0.2, 0.25) is 20.1 Å². The molecule has 0 aliphatic rings. The summed E-state index contributed by atoms with van der Waals surface area (Å²) in [6.07, 6.45) is 2.42. The minimum Gasteiger partial charge on any atom is -0.496 e. The normalized spacial score (nSPS) is 10.9. The molecule has 0 atom stereocenters. The van der Waals surface area contributed by atoms with Crippen LogP contribution < -0.4 is 19.9 Å². The van der Waals surface area contributed by atoms with Crippen LogP contribution in [-0.4, -0.2) is 52.6 Å². The fraction of sp³-hybridized carbons (Fsp3) is 0.0526. The van der Waals surface area contributed by atoms with E-state index in [0.717, 1.165) is 12.3 Å². The first-order chi connectivity index (χ1) is 27.8. The molecule has 0 aliphatic heterocycles. The van der Waals surface area contributed by atoms with Gasteiger partial charge < -0.3 is 15.2 Å². The average Bonchev–Trinajstić information content (AvgIpc) is 3.17. The SMILES string of the molecule is COc1cccc(F)c1C(=O)c1ncc(Cl)cc1N.COc1cccc(F)c1C(=O)c1ncc(Cl)cc1NS(=O)(=O)c1ccccc1Cl.O=S(=O)(Cl)c1ccccc1Cl. The van der Waals surface area contributed by atoms with Crippen molar-refractivity contribution in [3.05, 3.63) is 164 Å². The molecule has 0 radical (unpaired) electrons. The summed E-state index contributed by atoms with van der Waals surface area (Å²) in [6, 6.07) is 22.3. The highest BCUT2D eigenvalue weighted by Gasteiger charge is 2.27. The van der Waals surface area contributed by atoms with Gasteiger partial charge in [-0.15, -0.1) is 0 Å². The number of hydrogen-bond acceptors (Lipinski definition) is 11. The minimum absolute atomic E-state index is 0.0152. The number of benzene rings is 4. The van der Waals surface area contributed by atoms with E-state index in [1.165, 1.54) is 93.2 Å². The number of hydrogen-bond donors (Lipinski definition) is 2. The average molecular weight is 947 g/mol. The molecule has 3 N–H and O–H groups in total. The van der Waals surface area contributed by atoms with Gasteiger partial charge in [0.1, 0.15) is 55.4 Å². The maximum Gasteiger partial charge on any atom is 0.263 e. The second-order valence-corrected chi connectivity index (χ2v) is 17.2. The van der Waals surface area contributed by atoms with Crippen molar-refractivity contribution in [3.63, 3.8) is 0 Å². The van der Waals surface area contributed by atoms with Gasteiger partial charge in [0, 0.05) is 23.1 Å². The fourth-order valence-electron chi connectivity index (χ4n) is 4.87. The molecule has 6 aromatic rings. The molecular formula is C38H27Cl5F2N4O8S2. The highest BCUT2D eigenvalue weighted by atomic mass is 35.7. The number of nitrogens with one attached hydrogen (secondary N) is 1. The van der Waals surface area contributed by atoms with Gasteiger partial charge in [0.15, 0.2) is 0 Å². The van der Waals surface area contributed by atoms with Crippen LogP contribution >= 0.6 is 57.1 Å². The Morgan fingerprint density at radius 2 is 1.08 bits per heavy atom. The molecular weight excluding hydrogens is 920 g/mol. The summed E-state index contributed by atoms with van der Waals surface area (Å²) in [6.45, 7) is 0. The third-order valence-electron chi connectivity index (χ3n) is 7.48. The van der Waals surface area contributed by atoms with Gasteiger partial charge in [0.05, 0.1) is 45.7 Å². The number of methoxy groups -OCH3 is 2. The van der Waals surface area contributed by atoms with Crippen molar-refractivity contribution in [2.45, 2.75) is 9.79 Å². The van der Waals surface area contributed by atoms with Crippen LogP contribution in [0.3, 0.4) is 0 Å². The van der Waals surface area contributed by atoms with Gasteiger partial charge in [0.25, 0.3) is 19.1 Å². The number of carbonyl (C=O) groups excluding carboxylic acids is 2. The van der Waals surface area contributed by atoms with Crippen molar-refractivity contribution in [1.82, 2.24) is 9.97 Å². The number of nitrogens with zero attached hydrogens (tertiary/aromatic N) is 2. The number of nitrogen functional groups attached to an aromatic ring is 1. The molecule has 0 bridgehead atoms. The molecule has 0 amide bonds. The van der Waals surface area contributed by atoms with Crippen molar-refractivity contribution in [2.75, 3.05) is 24.7 Å². The van der Waals surface area contributed by atoms with Crippen LogP contribution in [0.1, 0.15) is 32.1 Å². The van der Waals surface area contributed by atoms with Crippen LogP contribution in [0, 0.1) is 11.6 Å². The Labute approximate surface area is 361 Å². The Hall–Kier alpha value is -5.07. The molecule has 0 unspecified atom stereocenters. The second kappa shape index (κ2) is 20.3. The first-order valence-electron chi connectivity index (χ1n) is 16.1. The maximum absolute atomic E-state index is 14.3. The molecule has 0 spiro atoms. The Morgan fingerprint density at radius 1 is 0.644 bits per heavy atom. The summed E-state index contributed by atoms with van der Waals surface area (Å²) in [7, 11) is -0.193. The number of halogens is 7. The molecule has 2 heterocycles. The van der Waals surface area contributed by atoms with Gasteiger partial charge >= 0.3 is 0 Å². The number of rotatable bonds is 10. The van der Waals surface area contributed by atoms with Gasteiger partial charge in [-0.3, -0.25) is 14.3 Å². The highest BCUT2D eigenvalue weighted by molar-refractivity contribution is 8.13. The van der Waals surface area contributed by atoms with Crippen LogP contribution in [0.5, 0.6) is 11.5 Å². The summed E-state index contributed by atoms with van der Waals surface area (Å²) in [4.78, 5) is 32.7. The zero-order chi connectivity index (χ0) is 43.7. The predicted molar refractivity (Wildman–Crippen MR) is 222 cm³/mol. The van der Waals surface area contributed by atoms with Crippen molar-refractivity contribution in [2.24, 2.45) is 0 Å². The lowest BCUT2D eigenvalue weighted by atomic mass is 10.0. The molecule has 2 aromatic heterocycles. The molecule has 59 heavy (non-hydrogen) atoms. The standard InChI is InChI=1S/C19H13Cl2FN2O4S.C13H10ClFN2O2.C6H4Cl2O2S/c1-28-15-7-4-6-13(22)17(15)19(25)18-14(9-11(20)10-23-18)24-29(26,27)16-8-3-2-5-12(16)21;1-19-10-4-2-3-8(15)11(10)13(18)12-9(16)5-7(14)6-17-12;7-5-3-1-2-4-6(5)11(8,9)10/h2-10,24H,1H3;2-6H,16H2,1H3;1-4H. The van der Waals surface area contributed by atoms with Gasteiger partial charge in [-0.25, -0.2) is 35.6 Å². The Bertz CT molecular complexity index is 2770. The van der Waals surface area contributed by atoms with Crippen molar-refractivity contribution < 1.29 is 44.7 Å². The molecule has 0 saturated carbocycles. The third-order valence-corrected chi connectivity index (χ3v) is 11.6. The number of anilines is 2. The summed E-state index contributed by atoms with van der Waals surface area (Å²) < 4.78 is 87.4. The molecule has 4 aromatic carbocycles. The van der Waals surface area contributed by atoms with E-state index in [2.05, 4.69) is 14.7 Å². The number of ketones is 2. The van der Waals surface area contributed by atoms with Gasteiger partial charge in [0.2, 0.25) is 11.6 Å². The number of ether oxygens (including phenoxy) is 2. The first-order valence-corrected chi connectivity index (χ1v) is 21.4. The second-order valence-electron chi connectivity index (χ2n) is 11.3. The zero-order valence-corrected chi connectivity index (χ0v) is 35.5. The van der Waals surface area contributed by atoms with E-state index < -0.39 is 42.3 Å². The Morgan fingerprint density at radius 3 is 1.53 bits per heavy atom. The zero-order valence-electron chi connectivity index (χ0n) is 30.1. The summed E-state index contributed by atoms with van der Waals surface area (Å²) in [5, 5.41) is 0.495. The monoisotopic (exact) mass is 944 g/mol. The minimum atomic E-state index is -4.18. The Balaban J connectivity index is 0.000000219. The van der Waals surface area contributed by atoms with Crippen LogP contribution in [0.15, 0.2) is 119 Å². The topological polar surface area (TPSA) is 185 Å². The summed E-state index contributed by atoms with van der Waals surface area (Å²) in [5.74, 6) is -2.96. The lowest BCUT2D eigenvalue weighted by Crippen LogP contribution is -2.18. The molecule has 6 rings (SSSR count). The van der Waals surface area contributed by atoms with Crippen molar-refractivity contribution in [1.29, 1.82) is 0 Å². The van der Waals surface area contributed by atoms with E-state index in [-0.39, 0.29) is 70.2 Å². The smallest absolute Gasteiger partial charge is 0.263 e. The summed E-state index contributed by atoms with van der Waals surface area (Å²) in [5.41, 5.74) is 4.52. The predicted octanol–water partition coefficient (Wildman–Crippen LogP) is 9.53. The van der Waals surface area contributed by atoms with Crippen molar-refractivity contribution >= 4 is 99.1 Å². The number of sulfonamides is 1. The molecule has 308 valence electrons. The number of carbonyl (C=O) groups is 2. The van der Waals surface area contributed by atoms with E-state index in [1.54, 1.807) is 18.2 Å². The van der Waals surface area contributed by atoms with E-state index >= 15 is 0 Å². The molecule has 0 aliphatic carbocycles. The van der Waals surface area contributed by atoms with Crippen LogP contribution in [0.25, 0.3) is 0 Å². The number of nitrogens with two attached hydrogens (primary N) is 1. The summed E-state index contributed by atoms with van der Waals surface area (Å²) >= 11 is 23.2.